The van der Waals surface area contributed by atoms with Crippen LogP contribution in [0.3, 0.4) is 0 Å². The summed E-state index contributed by atoms with van der Waals surface area (Å²) in [6, 6.07) is 7.49. The quantitative estimate of drug-likeness (QED) is 0.778. The van der Waals surface area contributed by atoms with Crippen molar-refractivity contribution < 1.29 is 8.42 Å². The fourth-order valence-electron chi connectivity index (χ4n) is 2.75. The molecule has 0 aromatic heterocycles. The number of aryl methyl sites for hydroxylation is 1. The van der Waals surface area contributed by atoms with Gasteiger partial charge in [0.25, 0.3) is 0 Å². The number of halogens is 1. The minimum atomic E-state index is -3.52. The number of nitrogens with zero attached hydrogens (tertiary/aromatic N) is 2. The van der Waals surface area contributed by atoms with Gasteiger partial charge in [-0.25, -0.2) is 0 Å². The molecule has 1 unspecified atom stereocenters. The van der Waals surface area contributed by atoms with Gasteiger partial charge in [-0.2, -0.15) is 12.7 Å². The Balaban J connectivity index is 2.32. The van der Waals surface area contributed by atoms with Crippen LogP contribution in [0.5, 0.6) is 0 Å². The highest BCUT2D eigenvalue weighted by atomic mass is 35.5. The van der Waals surface area contributed by atoms with E-state index >= 15 is 0 Å². The number of hydrogen-bond donors (Lipinski definition) is 0. The van der Waals surface area contributed by atoms with Gasteiger partial charge in [0.15, 0.2) is 0 Å². The lowest BCUT2D eigenvalue weighted by molar-refractivity contribution is 0.270. The Labute approximate surface area is 132 Å². The molecule has 1 saturated heterocycles. The number of benzene rings is 1. The second-order valence-electron chi connectivity index (χ2n) is 5.42. The lowest BCUT2D eigenvalue weighted by atomic mass is 10.1. The number of piperidine rings is 1. The number of anilines is 1. The summed E-state index contributed by atoms with van der Waals surface area (Å²) in [7, 11) is -3.52. The molecule has 0 aliphatic carbocycles. The van der Waals surface area contributed by atoms with Crippen molar-refractivity contribution in [3.05, 3.63) is 29.8 Å². The van der Waals surface area contributed by atoms with Crippen molar-refractivity contribution in [1.29, 1.82) is 0 Å². The van der Waals surface area contributed by atoms with Crippen LogP contribution >= 0.6 is 11.6 Å². The van der Waals surface area contributed by atoms with Gasteiger partial charge in [-0.3, -0.25) is 4.31 Å². The third-order valence-electron chi connectivity index (χ3n) is 3.94. The molecule has 1 aliphatic heterocycles. The average Bonchev–Trinajstić information content (AvgIpc) is 2.49. The van der Waals surface area contributed by atoms with Crippen molar-refractivity contribution in [3.8, 4) is 0 Å². The van der Waals surface area contributed by atoms with Crippen molar-refractivity contribution in [1.82, 2.24) is 4.31 Å². The van der Waals surface area contributed by atoms with Crippen LogP contribution in [0, 0.1) is 6.92 Å². The SMILES string of the molecule is CCN(c1ccc(C)cc1)S(=O)(=O)N1CCCCC1CCl. The molecule has 1 aliphatic rings. The van der Waals surface area contributed by atoms with Gasteiger partial charge in [-0.05, 0) is 38.8 Å². The summed E-state index contributed by atoms with van der Waals surface area (Å²) in [5.41, 5.74) is 1.82. The second kappa shape index (κ2) is 6.99. The van der Waals surface area contributed by atoms with E-state index in [1.165, 1.54) is 4.31 Å². The standard InChI is InChI=1S/C15H23ClN2O2S/c1-3-17(14-9-7-13(2)8-10-14)21(19,20)18-11-5-4-6-15(18)12-16/h7-10,15H,3-6,11-12H2,1-2H3. The van der Waals surface area contributed by atoms with E-state index in [1.54, 1.807) is 4.31 Å². The number of hydrogen-bond acceptors (Lipinski definition) is 2. The Kier molecular flexibility index (Phi) is 5.52. The van der Waals surface area contributed by atoms with Crippen LogP contribution in [0.25, 0.3) is 0 Å². The topological polar surface area (TPSA) is 40.6 Å². The van der Waals surface area contributed by atoms with Crippen LogP contribution < -0.4 is 4.31 Å². The van der Waals surface area contributed by atoms with E-state index in [-0.39, 0.29) is 6.04 Å². The Bertz CT molecular complexity index is 560. The molecule has 2 rings (SSSR count). The molecule has 0 bridgehead atoms. The minimum Gasteiger partial charge on any atom is -0.258 e. The number of alkyl halides is 1. The van der Waals surface area contributed by atoms with E-state index < -0.39 is 10.2 Å². The van der Waals surface area contributed by atoms with Crippen LogP contribution in [-0.2, 0) is 10.2 Å². The molecule has 0 saturated carbocycles. The molecule has 1 aromatic rings. The Hall–Kier alpha value is -0.780. The molecule has 1 heterocycles. The monoisotopic (exact) mass is 330 g/mol. The maximum atomic E-state index is 13.0. The molecular formula is C15H23ClN2O2S. The summed E-state index contributed by atoms with van der Waals surface area (Å²) >= 11 is 5.97. The molecule has 1 atom stereocenters. The van der Waals surface area contributed by atoms with Crippen LogP contribution in [0.1, 0.15) is 31.7 Å². The summed E-state index contributed by atoms with van der Waals surface area (Å²) < 4.78 is 29.0. The van der Waals surface area contributed by atoms with E-state index in [9.17, 15) is 8.42 Å². The normalized spacial score (nSPS) is 20.4. The van der Waals surface area contributed by atoms with Crippen LogP contribution in [0.4, 0.5) is 5.69 Å². The molecule has 0 radical (unpaired) electrons. The van der Waals surface area contributed by atoms with Gasteiger partial charge >= 0.3 is 10.2 Å². The maximum absolute atomic E-state index is 13.0. The van der Waals surface area contributed by atoms with Crippen molar-refractivity contribution in [2.45, 2.75) is 39.2 Å². The van der Waals surface area contributed by atoms with Gasteiger partial charge < -0.3 is 0 Å². The molecule has 118 valence electrons. The predicted molar refractivity (Wildman–Crippen MR) is 88.2 cm³/mol. The summed E-state index contributed by atoms with van der Waals surface area (Å²) in [6.07, 6.45) is 2.78. The first-order valence-electron chi connectivity index (χ1n) is 7.42. The third kappa shape index (κ3) is 3.52. The van der Waals surface area contributed by atoms with Gasteiger partial charge in [0.05, 0.1) is 5.69 Å². The molecule has 1 aromatic carbocycles. The van der Waals surface area contributed by atoms with Gasteiger partial charge in [-0.15, -0.1) is 11.6 Å². The summed E-state index contributed by atoms with van der Waals surface area (Å²) in [5, 5.41) is 0. The molecule has 1 fully saturated rings. The maximum Gasteiger partial charge on any atom is 0.304 e. The fourth-order valence-corrected chi connectivity index (χ4v) is 5.04. The van der Waals surface area contributed by atoms with Crippen LogP contribution in [0.2, 0.25) is 0 Å². The summed E-state index contributed by atoms with van der Waals surface area (Å²) in [6.45, 7) is 4.82. The molecule has 0 amide bonds. The third-order valence-corrected chi connectivity index (χ3v) is 6.39. The van der Waals surface area contributed by atoms with E-state index in [2.05, 4.69) is 0 Å². The summed E-state index contributed by atoms with van der Waals surface area (Å²) in [4.78, 5) is 0. The second-order valence-corrected chi connectivity index (χ2v) is 7.54. The van der Waals surface area contributed by atoms with Gasteiger partial charge in [0, 0.05) is 25.0 Å². The first-order chi connectivity index (χ1) is 10.0. The minimum absolute atomic E-state index is 0.0927. The summed E-state index contributed by atoms with van der Waals surface area (Å²) in [5.74, 6) is 0.352. The highest BCUT2D eigenvalue weighted by Gasteiger charge is 2.35. The molecular weight excluding hydrogens is 308 g/mol. The van der Waals surface area contributed by atoms with Crippen molar-refractivity contribution in [2.24, 2.45) is 0 Å². The average molecular weight is 331 g/mol. The molecule has 6 heteroatoms. The van der Waals surface area contributed by atoms with Gasteiger partial charge in [0.1, 0.15) is 0 Å². The molecule has 4 nitrogen and oxygen atoms in total. The Morgan fingerprint density at radius 3 is 2.52 bits per heavy atom. The van der Waals surface area contributed by atoms with Crippen molar-refractivity contribution in [2.75, 3.05) is 23.3 Å². The van der Waals surface area contributed by atoms with E-state index in [0.717, 1.165) is 24.8 Å². The van der Waals surface area contributed by atoms with Gasteiger partial charge in [0.2, 0.25) is 0 Å². The Morgan fingerprint density at radius 2 is 1.95 bits per heavy atom. The van der Waals surface area contributed by atoms with Crippen LogP contribution in [-0.4, -0.2) is 37.7 Å². The zero-order valence-corrected chi connectivity index (χ0v) is 14.2. The molecule has 0 N–H and O–H groups in total. The predicted octanol–water partition coefficient (Wildman–Crippen LogP) is 3.16. The molecule has 21 heavy (non-hydrogen) atoms. The zero-order chi connectivity index (χ0) is 15.5. The molecule has 0 spiro atoms. The largest absolute Gasteiger partial charge is 0.304 e. The lowest BCUT2D eigenvalue weighted by Crippen LogP contribution is -2.51. The van der Waals surface area contributed by atoms with E-state index in [4.69, 9.17) is 11.6 Å². The number of rotatable bonds is 5. The van der Waals surface area contributed by atoms with E-state index in [0.29, 0.717) is 24.7 Å². The lowest BCUT2D eigenvalue weighted by Gasteiger charge is -2.37. The first-order valence-corrected chi connectivity index (χ1v) is 9.36. The fraction of sp³-hybridized carbons (Fsp3) is 0.600. The highest BCUT2D eigenvalue weighted by Crippen LogP contribution is 2.27. The smallest absolute Gasteiger partial charge is 0.258 e. The van der Waals surface area contributed by atoms with E-state index in [1.807, 2.05) is 38.1 Å². The van der Waals surface area contributed by atoms with Gasteiger partial charge in [-0.1, -0.05) is 24.1 Å². The first kappa shape index (κ1) is 16.6. The highest BCUT2D eigenvalue weighted by molar-refractivity contribution is 7.90. The van der Waals surface area contributed by atoms with Crippen molar-refractivity contribution >= 4 is 27.5 Å². The zero-order valence-electron chi connectivity index (χ0n) is 12.6. The van der Waals surface area contributed by atoms with Crippen LogP contribution in [0.15, 0.2) is 24.3 Å². The van der Waals surface area contributed by atoms with Crippen molar-refractivity contribution in [3.63, 3.8) is 0 Å². The Morgan fingerprint density at radius 1 is 1.29 bits per heavy atom.